The van der Waals surface area contributed by atoms with Crippen LogP contribution in [-0.4, -0.2) is 45.5 Å². The summed E-state index contributed by atoms with van der Waals surface area (Å²) in [6.45, 7) is 3.32. The molecule has 0 saturated carbocycles. The molecular formula is C19H23N3O4S. The van der Waals surface area contributed by atoms with Gasteiger partial charge in [0.15, 0.2) is 6.61 Å². The third kappa shape index (κ3) is 5.38. The summed E-state index contributed by atoms with van der Waals surface area (Å²) in [6.07, 6.45) is 1.51. The molecule has 0 aliphatic rings. The lowest BCUT2D eigenvalue weighted by Crippen LogP contribution is -2.23. The van der Waals surface area contributed by atoms with Gasteiger partial charge in [0.2, 0.25) is 10.0 Å². The molecule has 1 amide bonds. The Labute approximate surface area is 159 Å². The van der Waals surface area contributed by atoms with E-state index in [1.807, 2.05) is 37.3 Å². The lowest BCUT2D eigenvalue weighted by molar-refractivity contribution is -0.120. The SMILES string of the molecule is Cc1cc(S(=O)(=O)N(C)C)cc(NC(=O)CO/N=C/c2ccccc2)c1C. The van der Waals surface area contributed by atoms with E-state index in [1.54, 1.807) is 13.0 Å². The van der Waals surface area contributed by atoms with Crippen molar-refractivity contribution in [3.63, 3.8) is 0 Å². The molecule has 144 valence electrons. The molecule has 27 heavy (non-hydrogen) atoms. The number of nitrogens with one attached hydrogen (secondary N) is 1. The summed E-state index contributed by atoms with van der Waals surface area (Å²) in [5, 5.41) is 6.44. The van der Waals surface area contributed by atoms with E-state index in [0.717, 1.165) is 21.0 Å². The minimum atomic E-state index is -3.60. The number of aryl methyl sites for hydroxylation is 1. The molecule has 0 spiro atoms. The summed E-state index contributed by atoms with van der Waals surface area (Å²) in [5.41, 5.74) is 2.83. The van der Waals surface area contributed by atoms with Crippen LogP contribution in [0.15, 0.2) is 52.5 Å². The van der Waals surface area contributed by atoms with E-state index in [1.165, 1.54) is 26.4 Å². The van der Waals surface area contributed by atoms with E-state index in [-0.39, 0.29) is 11.5 Å². The van der Waals surface area contributed by atoms with Gasteiger partial charge in [-0.1, -0.05) is 35.5 Å². The lowest BCUT2D eigenvalue weighted by Gasteiger charge is -2.16. The number of carbonyl (C=O) groups is 1. The summed E-state index contributed by atoms with van der Waals surface area (Å²) in [7, 11) is -0.679. The molecule has 0 bridgehead atoms. The standard InChI is InChI=1S/C19H23N3O4S/c1-14-10-17(27(24,25)22(3)4)11-18(15(14)2)21-19(23)13-26-20-12-16-8-6-5-7-9-16/h5-12H,13H2,1-4H3,(H,21,23)/b20-12+. The third-order valence-electron chi connectivity index (χ3n) is 3.97. The molecular weight excluding hydrogens is 366 g/mol. The number of benzene rings is 2. The van der Waals surface area contributed by atoms with E-state index in [4.69, 9.17) is 4.84 Å². The molecule has 2 aromatic carbocycles. The van der Waals surface area contributed by atoms with Gasteiger partial charge in [0, 0.05) is 19.8 Å². The number of amides is 1. The van der Waals surface area contributed by atoms with Gasteiger partial charge in [-0.3, -0.25) is 4.79 Å². The van der Waals surface area contributed by atoms with Gasteiger partial charge in [0.25, 0.3) is 5.91 Å². The van der Waals surface area contributed by atoms with Crippen molar-refractivity contribution in [1.29, 1.82) is 0 Å². The van der Waals surface area contributed by atoms with Crippen LogP contribution in [0.5, 0.6) is 0 Å². The number of rotatable bonds is 7. The van der Waals surface area contributed by atoms with Gasteiger partial charge < -0.3 is 10.2 Å². The highest BCUT2D eigenvalue weighted by molar-refractivity contribution is 7.89. The Morgan fingerprint density at radius 2 is 1.85 bits per heavy atom. The number of nitrogens with zero attached hydrogens (tertiary/aromatic N) is 2. The number of anilines is 1. The number of hydrogen-bond acceptors (Lipinski definition) is 5. The molecule has 0 radical (unpaired) electrons. The monoisotopic (exact) mass is 389 g/mol. The molecule has 7 nitrogen and oxygen atoms in total. The van der Waals surface area contributed by atoms with Crippen LogP contribution in [0.2, 0.25) is 0 Å². The second-order valence-corrected chi connectivity index (χ2v) is 8.32. The molecule has 2 aromatic rings. The molecule has 0 aliphatic carbocycles. The van der Waals surface area contributed by atoms with Gasteiger partial charge in [0.1, 0.15) is 0 Å². The molecule has 2 rings (SSSR count). The van der Waals surface area contributed by atoms with Crippen LogP contribution in [0.1, 0.15) is 16.7 Å². The zero-order valence-corrected chi connectivity index (χ0v) is 16.6. The van der Waals surface area contributed by atoms with E-state index in [2.05, 4.69) is 10.5 Å². The molecule has 0 aromatic heterocycles. The number of carbonyl (C=O) groups excluding carboxylic acids is 1. The van der Waals surface area contributed by atoms with Crippen LogP contribution in [0.4, 0.5) is 5.69 Å². The fourth-order valence-electron chi connectivity index (χ4n) is 2.24. The van der Waals surface area contributed by atoms with Gasteiger partial charge in [-0.15, -0.1) is 0 Å². The Bertz CT molecular complexity index is 939. The summed E-state index contributed by atoms with van der Waals surface area (Å²) < 4.78 is 25.8. The van der Waals surface area contributed by atoms with Crippen molar-refractivity contribution in [3.8, 4) is 0 Å². The Morgan fingerprint density at radius 1 is 1.19 bits per heavy atom. The van der Waals surface area contributed by atoms with Gasteiger partial charge in [-0.25, -0.2) is 12.7 Å². The number of oxime groups is 1. The lowest BCUT2D eigenvalue weighted by atomic mass is 10.1. The molecule has 0 heterocycles. The quantitative estimate of drug-likeness (QED) is 0.582. The van der Waals surface area contributed by atoms with Crippen molar-refractivity contribution in [1.82, 2.24) is 4.31 Å². The topological polar surface area (TPSA) is 88.1 Å². The normalized spacial score (nSPS) is 11.7. The summed E-state index contributed by atoms with van der Waals surface area (Å²) in [6, 6.07) is 12.4. The minimum Gasteiger partial charge on any atom is -0.386 e. The molecule has 0 aliphatic heterocycles. The number of hydrogen-bond donors (Lipinski definition) is 1. The molecule has 0 fully saturated rings. The minimum absolute atomic E-state index is 0.119. The third-order valence-corrected chi connectivity index (χ3v) is 5.76. The van der Waals surface area contributed by atoms with Crippen molar-refractivity contribution in [3.05, 3.63) is 59.2 Å². The van der Waals surface area contributed by atoms with Crippen LogP contribution in [0.3, 0.4) is 0 Å². The maximum absolute atomic E-state index is 12.3. The van der Waals surface area contributed by atoms with E-state index in [9.17, 15) is 13.2 Å². The number of sulfonamides is 1. The predicted molar refractivity (Wildman–Crippen MR) is 105 cm³/mol. The van der Waals surface area contributed by atoms with Gasteiger partial charge in [0.05, 0.1) is 11.1 Å². The highest BCUT2D eigenvalue weighted by atomic mass is 32.2. The Hall–Kier alpha value is -2.71. The fourth-order valence-corrected chi connectivity index (χ4v) is 3.25. The molecule has 1 N–H and O–H groups in total. The maximum atomic E-state index is 12.3. The fraction of sp³-hybridized carbons (Fsp3) is 0.263. The Balaban J connectivity index is 2.06. The summed E-state index contributed by atoms with van der Waals surface area (Å²) in [5.74, 6) is -0.429. The van der Waals surface area contributed by atoms with Crippen LogP contribution in [0, 0.1) is 13.8 Å². The average Bonchev–Trinajstić information content (AvgIpc) is 2.63. The maximum Gasteiger partial charge on any atom is 0.265 e. The first kappa shape index (κ1) is 20.6. The molecule has 8 heteroatoms. The van der Waals surface area contributed by atoms with Crippen LogP contribution < -0.4 is 5.32 Å². The van der Waals surface area contributed by atoms with Crippen molar-refractivity contribution >= 4 is 27.8 Å². The average molecular weight is 389 g/mol. The van der Waals surface area contributed by atoms with Crippen LogP contribution >= 0.6 is 0 Å². The summed E-state index contributed by atoms with van der Waals surface area (Å²) >= 11 is 0. The molecule has 0 saturated heterocycles. The zero-order chi connectivity index (χ0) is 20.0. The highest BCUT2D eigenvalue weighted by Crippen LogP contribution is 2.25. The van der Waals surface area contributed by atoms with E-state index >= 15 is 0 Å². The van der Waals surface area contributed by atoms with E-state index in [0.29, 0.717) is 5.69 Å². The molecule has 0 atom stereocenters. The van der Waals surface area contributed by atoms with Gasteiger partial charge in [-0.05, 0) is 42.7 Å². The molecule has 0 unspecified atom stereocenters. The van der Waals surface area contributed by atoms with Crippen LogP contribution in [-0.2, 0) is 19.7 Å². The zero-order valence-electron chi connectivity index (χ0n) is 15.8. The van der Waals surface area contributed by atoms with Gasteiger partial charge in [-0.2, -0.15) is 0 Å². The summed E-state index contributed by atoms with van der Waals surface area (Å²) in [4.78, 5) is 17.2. The highest BCUT2D eigenvalue weighted by Gasteiger charge is 2.20. The van der Waals surface area contributed by atoms with Crippen molar-refractivity contribution < 1.29 is 18.0 Å². The largest absolute Gasteiger partial charge is 0.386 e. The predicted octanol–water partition coefficient (Wildman–Crippen LogP) is 2.54. The second kappa shape index (κ2) is 8.79. The van der Waals surface area contributed by atoms with Crippen molar-refractivity contribution in [2.24, 2.45) is 5.16 Å². The smallest absolute Gasteiger partial charge is 0.265 e. The van der Waals surface area contributed by atoms with E-state index < -0.39 is 15.9 Å². The Kier molecular flexibility index (Phi) is 6.70. The first-order valence-corrected chi connectivity index (χ1v) is 9.70. The van der Waals surface area contributed by atoms with Crippen molar-refractivity contribution in [2.75, 3.05) is 26.0 Å². The van der Waals surface area contributed by atoms with Crippen LogP contribution in [0.25, 0.3) is 0 Å². The van der Waals surface area contributed by atoms with Crippen molar-refractivity contribution in [2.45, 2.75) is 18.7 Å². The van der Waals surface area contributed by atoms with Gasteiger partial charge >= 0.3 is 0 Å². The first-order chi connectivity index (χ1) is 12.7. The Morgan fingerprint density at radius 3 is 2.48 bits per heavy atom. The first-order valence-electron chi connectivity index (χ1n) is 8.26. The second-order valence-electron chi connectivity index (χ2n) is 6.17.